The minimum Gasteiger partial charge on any atom is -0.462 e. The van der Waals surface area contributed by atoms with Crippen LogP contribution in [0.25, 0.3) is 23.0 Å². The van der Waals surface area contributed by atoms with Crippen molar-refractivity contribution >= 4 is 12.0 Å². The minimum absolute atomic E-state index is 0.0547. The average molecular weight is 371 g/mol. The highest BCUT2D eigenvalue weighted by Crippen LogP contribution is 2.26. The van der Waals surface area contributed by atoms with E-state index in [9.17, 15) is 10.1 Å². The lowest BCUT2D eigenvalue weighted by molar-refractivity contribution is -0.137. The van der Waals surface area contributed by atoms with Crippen molar-refractivity contribution in [1.82, 2.24) is 9.78 Å². The molecule has 28 heavy (non-hydrogen) atoms. The van der Waals surface area contributed by atoms with Crippen molar-refractivity contribution in [2.75, 3.05) is 6.61 Å². The highest BCUT2D eigenvalue weighted by Gasteiger charge is 2.15. The number of nitriles is 1. The molecule has 2 aromatic carbocycles. The molecule has 0 saturated heterocycles. The number of carbonyl (C=O) groups is 1. The highest BCUT2D eigenvalue weighted by atomic mass is 16.5. The van der Waals surface area contributed by atoms with Gasteiger partial charge in [0.25, 0.3) is 0 Å². The number of nitrogens with zero attached hydrogens (tertiary/aromatic N) is 3. The minimum atomic E-state index is -0.634. The third-order valence-electron chi connectivity index (χ3n) is 4.31. The molecule has 0 atom stereocenters. The molecule has 0 N–H and O–H groups in total. The first-order valence-electron chi connectivity index (χ1n) is 9.19. The quantitative estimate of drug-likeness (QED) is 0.361. The summed E-state index contributed by atoms with van der Waals surface area (Å²) in [5, 5.41) is 14.1. The number of ether oxygens (including phenoxy) is 1. The molecule has 0 aliphatic carbocycles. The fourth-order valence-corrected chi connectivity index (χ4v) is 2.83. The Balaban J connectivity index is 2.12. The van der Waals surface area contributed by atoms with Gasteiger partial charge in [0, 0.05) is 17.3 Å². The zero-order chi connectivity index (χ0) is 19.9. The standard InChI is InChI=1S/C23H21N3O2/c1-3-17-10-12-18(13-11-17)22-20(14-19(15-24)23(27)28-4-2)16-26(25-22)21-8-6-5-7-9-21/h5-14,16H,3-4H2,1-2H3/b19-14+. The number of aryl methyl sites for hydroxylation is 1. The number of esters is 1. The number of rotatable bonds is 6. The van der Waals surface area contributed by atoms with Crippen molar-refractivity contribution in [3.8, 4) is 23.0 Å². The Bertz CT molecular complexity index is 1030. The SMILES string of the molecule is CCOC(=O)/C(C#N)=C/c1cn(-c2ccccc2)nc1-c1ccc(CC)cc1. The van der Waals surface area contributed by atoms with E-state index in [1.807, 2.05) is 54.7 Å². The third kappa shape index (κ3) is 4.18. The molecule has 3 aromatic rings. The van der Waals surface area contributed by atoms with Gasteiger partial charge in [-0.25, -0.2) is 9.48 Å². The maximum Gasteiger partial charge on any atom is 0.348 e. The summed E-state index contributed by atoms with van der Waals surface area (Å²) < 4.78 is 6.72. The smallest absolute Gasteiger partial charge is 0.348 e. The van der Waals surface area contributed by atoms with E-state index in [1.54, 1.807) is 11.6 Å². The van der Waals surface area contributed by atoms with E-state index in [0.29, 0.717) is 11.3 Å². The fraction of sp³-hybridized carbons (Fsp3) is 0.174. The lowest BCUT2D eigenvalue weighted by Gasteiger charge is -2.03. The summed E-state index contributed by atoms with van der Waals surface area (Å²) in [6.07, 6.45) is 4.30. The first-order valence-corrected chi connectivity index (χ1v) is 9.19. The van der Waals surface area contributed by atoms with Gasteiger partial charge in [-0.2, -0.15) is 10.4 Å². The van der Waals surface area contributed by atoms with E-state index < -0.39 is 5.97 Å². The Morgan fingerprint density at radius 3 is 2.46 bits per heavy atom. The molecule has 0 unspecified atom stereocenters. The monoisotopic (exact) mass is 371 g/mol. The van der Waals surface area contributed by atoms with Crippen molar-refractivity contribution in [1.29, 1.82) is 5.26 Å². The van der Waals surface area contributed by atoms with Crippen LogP contribution < -0.4 is 0 Å². The van der Waals surface area contributed by atoms with Crippen LogP contribution >= 0.6 is 0 Å². The van der Waals surface area contributed by atoms with Gasteiger partial charge in [-0.05, 0) is 37.1 Å². The number of aromatic nitrogens is 2. The molecule has 140 valence electrons. The molecule has 0 bridgehead atoms. The lowest BCUT2D eigenvalue weighted by atomic mass is 10.0. The Morgan fingerprint density at radius 2 is 1.86 bits per heavy atom. The predicted molar refractivity (Wildman–Crippen MR) is 109 cm³/mol. The second-order valence-corrected chi connectivity index (χ2v) is 6.15. The molecule has 0 spiro atoms. The summed E-state index contributed by atoms with van der Waals surface area (Å²) in [4.78, 5) is 12.0. The van der Waals surface area contributed by atoms with Gasteiger partial charge >= 0.3 is 5.97 Å². The molecule has 1 heterocycles. The number of hydrogen-bond acceptors (Lipinski definition) is 4. The topological polar surface area (TPSA) is 67.9 Å². The Hall–Kier alpha value is -3.65. The molecular formula is C23H21N3O2. The second kappa shape index (κ2) is 8.83. The van der Waals surface area contributed by atoms with Crippen LogP contribution in [0.2, 0.25) is 0 Å². The first-order chi connectivity index (χ1) is 13.7. The van der Waals surface area contributed by atoms with Gasteiger partial charge in [0.05, 0.1) is 18.0 Å². The molecular weight excluding hydrogens is 350 g/mol. The normalized spacial score (nSPS) is 11.1. The van der Waals surface area contributed by atoms with Crippen molar-refractivity contribution in [3.63, 3.8) is 0 Å². The number of carbonyl (C=O) groups excluding carboxylic acids is 1. The first kappa shape index (κ1) is 19.1. The van der Waals surface area contributed by atoms with Gasteiger partial charge in [-0.1, -0.05) is 49.4 Å². The molecule has 1 aromatic heterocycles. The molecule has 3 rings (SSSR count). The summed E-state index contributed by atoms with van der Waals surface area (Å²) >= 11 is 0. The highest BCUT2D eigenvalue weighted by molar-refractivity contribution is 5.98. The van der Waals surface area contributed by atoms with Crippen LogP contribution in [0.5, 0.6) is 0 Å². The molecule has 0 saturated carbocycles. The predicted octanol–water partition coefficient (Wildman–Crippen LogP) is 4.57. The molecule has 0 aliphatic heterocycles. The summed E-state index contributed by atoms with van der Waals surface area (Å²) in [6, 6.07) is 19.7. The van der Waals surface area contributed by atoms with Crippen molar-refractivity contribution in [2.45, 2.75) is 20.3 Å². The summed E-state index contributed by atoms with van der Waals surface area (Å²) in [5.41, 5.74) is 4.36. The van der Waals surface area contributed by atoms with Crippen LogP contribution in [0.3, 0.4) is 0 Å². The Kier molecular flexibility index (Phi) is 6.03. The Morgan fingerprint density at radius 1 is 1.14 bits per heavy atom. The van der Waals surface area contributed by atoms with Crippen LogP contribution in [0.4, 0.5) is 0 Å². The van der Waals surface area contributed by atoms with Gasteiger partial charge in [-0.3, -0.25) is 0 Å². The molecule has 5 nitrogen and oxygen atoms in total. The van der Waals surface area contributed by atoms with Gasteiger partial charge in [-0.15, -0.1) is 0 Å². The lowest BCUT2D eigenvalue weighted by Crippen LogP contribution is -2.06. The zero-order valence-corrected chi connectivity index (χ0v) is 15.9. The zero-order valence-electron chi connectivity index (χ0n) is 15.9. The maximum absolute atomic E-state index is 12.0. The van der Waals surface area contributed by atoms with Crippen LogP contribution in [-0.2, 0) is 16.0 Å². The number of hydrogen-bond donors (Lipinski definition) is 0. The van der Waals surface area contributed by atoms with E-state index in [1.165, 1.54) is 11.6 Å². The maximum atomic E-state index is 12.0. The fourth-order valence-electron chi connectivity index (χ4n) is 2.83. The van der Waals surface area contributed by atoms with Crippen LogP contribution in [0.1, 0.15) is 25.0 Å². The second-order valence-electron chi connectivity index (χ2n) is 6.15. The molecule has 0 fully saturated rings. The average Bonchev–Trinajstić information content (AvgIpc) is 3.16. The van der Waals surface area contributed by atoms with E-state index in [2.05, 4.69) is 19.1 Å². The molecule has 5 heteroatoms. The van der Waals surface area contributed by atoms with Crippen molar-refractivity contribution < 1.29 is 9.53 Å². The summed E-state index contributed by atoms with van der Waals surface area (Å²) in [6.45, 7) is 4.03. The van der Waals surface area contributed by atoms with Crippen LogP contribution in [0.15, 0.2) is 66.4 Å². The van der Waals surface area contributed by atoms with Crippen LogP contribution in [-0.4, -0.2) is 22.4 Å². The third-order valence-corrected chi connectivity index (χ3v) is 4.31. The van der Waals surface area contributed by atoms with Crippen molar-refractivity contribution in [3.05, 3.63) is 77.5 Å². The largest absolute Gasteiger partial charge is 0.462 e. The molecule has 0 aliphatic rings. The van der Waals surface area contributed by atoms with Crippen LogP contribution in [0, 0.1) is 11.3 Å². The van der Waals surface area contributed by atoms with E-state index in [4.69, 9.17) is 9.84 Å². The van der Waals surface area contributed by atoms with Gasteiger partial charge in [0.1, 0.15) is 11.6 Å². The van der Waals surface area contributed by atoms with E-state index in [-0.39, 0.29) is 12.2 Å². The van der Waals surface area contributed by atoms with Gasteiger partial charge < -0.3 is 4.74 Å². The number of benzene rings is 2. The van der Waals surface area contributed by atoms with Gasteiger partial charge in [0.2, 0.25) is 0 Å². The number of para-hydroxylation sites is 1. The van der Waals surface area contributed by atoms with E-state index in [0.717, 1.165) is 17.7 Å². The van der Waals surface area contributed by atoms with E-state index >= 15 is 0 Å². The Labute approximate surface area is 164 Å². The van der Waals surface area contributed by atoms with Gasteiger partial charge in [0.15, 0.2) is 0 Å². The molecule has 0 radical (unpaired) electrons. The summed E-state index contributed by atoms with van der Waals surface area (Å²) in [5.74, 6) is -0.634. The molecule has 0 amide bonds. The van der Waals surface area contributed by atoms with Crippen molar-refractivity contribution in [2.24, 2.45) is 0 Å². The summed E-state index contributed by atoms with van der Waals surface area (Å²) in [7, 11) is 0.